The van der Waals surface area contributed by atoms with Gasteiger partial charge in [-0.15, -0.1) is 0 Å². The third-order valence-corrected chi connectivity index (χ3v) is 6.82. The third kappa shape index (κ3) is 8.63. The summed E-state index contributed by atoms with van der Waals surface area (Å²) in [6, 6.07) is 17.6. The lowest BCUT2D eigenvalue weighted by atomic mass is 9.77. The number of carbonyl (C=O) groups is 2. The average Bonchev–Trinajstić information content (AvgIpc) is 2.90. The summed E-state index contributed by atoms with van der Waals surface area (Å²) in [5.41, 5.74) is -0.105. The van der Waals surface area contributed by atoms with Crippen LogP contribution >= 0.6 is 0 Å². The second-order valence-corrected chi connectivity index (χ2v) is 9.96. The number of aliphatic hydroxyl groups excluding tert-OH is 1. The molecule has 1 fully saturated rings. The van der Waals surface area contributed by atoms with Gasteiger partial charge in [0.25, 0.3) is 0 Å². The molecule has 1 saturated heterocycles. The number of carbonyl (C=O) groups excluding carboxylic acids is 2. The molecule has 0 spiro atoms. The molecule has 0 bridgehead atoms. The molecule has 208 valence electrons. The van der Waals surface area contributed by atoms with Gasteiger partial charge in [0.15, 0.2) is 6.29 Å². The van der Waals surface area contributed by atoms with Crippen molar-refractivity contribution in [2.45, 2.75) is 95.5 Å². The fourth-order valence-corrected chi connectivity index (χ4v) is 4.88. The predicted molar refractivity (Wildman–Crippen MR) is 143 cm³/mol. The minimum absolute atomic E-state index is 0.0700. The standard InChI is InChI=1S/C30H41NO7/c1-3-4-5-6-13-18-26(33)36-21-25-28(37-20-24-16-11-8-12-17-24)30(35,19-23-14-9-7-10-15-23)27(29(34)38-25)31-22(2)32/h7-12,14-17,25,27-29,34-35H,3-6,13,18-21H2,1-2H3,(H,31,32)/t25-,27+,28-,29?,30-/m1/s1. The lowest BCUT2D eigenvalue weighted by Gasteiger charge is -2.50. The molecular weight excluding hydrogens is 486 g/mol. The Bertz CT molecular complexity index is 987. The summed E-state index contributed by atoms with van der Waals surface area (Å²) in [4.78, 5) is 24.5. The third-order valence-electron chi connectivity index (χ3n) is 6.82. The Morgan fingerprint density at radius 3 is 2.24 bits per heavy atom. The van der Waals surface area contributed by atoms with Crippen LogP contribution in [0.5, 0.6) is 0 Å². The second kappa shape index (κ2) is 15.0. The number of nitrogens with one attached hydrogen (secondary N) is 1. The molecule has 1 amide bonds. The fourth-order valence-electron chi connectivity index (χ4n) is 4.88. The van der Waals surface area contributed by atoms with Gasteiger partial charge in [-0.2, -0.15) is 0 Å². The van der Waals surface area contributed by atoms with Gasteiger partial charge in [-0.3, -0.25) is 9.59 Å². The molecule has 8 heteroatoms. The van der Waals surface area contributed by atoms with Crippen LogP contribution in [0.4, 0.5) is 0 Å². The molecule has 1 unspecified atom stereocenters. The van der Waals surface area contributed by atoms with E-state index in [2.05, 4.69) is 12.2 Å². The molecule has 0 aliphatic carbocycles. The summed E-state index contributed by atoms with van der Waals surface area (Å²) < 4.78 is 17.6. The molecular formula is C30H41NO7. The number of hydrogen-bond donors (Lipinski definition) is 3. The molecule has 1 aliphatic heterocycles. The first-order valence-corrected chi connectivity index (χ1v) is 13.5. The van der Waals surface area contributed by atoms with Gasteiger partial charge < -0.3 is 29.7 Å². The molecule has 0 saturated carbocycles. The molecule has 1 heterocycles. The first-order chi connectivity index (χ1) is 18.3. The van der Waals surface area contributed by atoms with Gasteiger partial charge >= 0.3 is 5.97 Å². The van der Waals surface area contributed by atoms with Crippen molar-refractivity contribution < 1.29 is 34.0 Å². The molecule has 2 aromatic rings. The van der Waals surface area contributed by atoms with Crippen molar-refractivity contribution in [1.82, 2.24) is 5.32 Å². The van der Waals surface area contributed by atoms with Crippen LogP contribution in [0.25, 0.3) is 0 Å². The van der Waals surface area contributed by atoms with Crippen molar-refractivity contribution in [3.8, 4) is 0 Å². The molecule has 8 nitrogen and oxygen atoms in total. The highest BCUT2D eigenvalue weighted by molar-refractivity contribution is 5.73. The van der Waals surface area contributed by atoms with E-state index in [1.54, 1.807) is 0 Å². The molecule has 3 rings (SSSR count). The van der Waals surface area contributed by atoms with Gasteiger partial charge in [0.05, 0.1) is 6.61 Å². The molecule has 0 radical (unpaired) electrons. The number of esters is 1. The van der Waals surface area contributed by atoms with E-state index in [1.165, 1.54) is 6.92 Å². The highest BCUT2D eigenvalue weighted by atomic mass is 16.7. The van der Waals surface area contributed by atoms with E-state index in [-0.39, 0.29) is 32.0 Å². The number of ether oxygens (including phenoxy) is 3. The summed E-state index contributed by atoms with van der Waals surface area (Å²) in [7, 11) is 0. The fraction of sp³-hybridized carbons (Fsp3) is 0.533. The van der Waals surface area contributed by atoms with Crippen molar-refractivity contribution in [2.24, 2.45) is 0 Å². The van der Waals surface area contributed by atoms with Gasteiger partial charge in [-0.05, 0) is 17.5 Å². The van der Waals surface area contributed by atoms with Crippen LogP contribution in [-0.4, -0.2) is 58.8 Å². The molecule has 0 aromatic heterocycles. The smallest absolute Gasteiger partial charge is 0.305 e. The van der Waals surface area contributed by atoms with Crippen LogP contribution in [0.3, 0.4) is 0 Å². The average molecular weight is 528 g/mol. The normalized spacial score (nSPS) is 25.1. The van der Waals surface area contributed by atoms with Gasteiger partial charge in [0.1, 0.15) is 30.5 Å². The Kier molecular flexibility index (Phi) is 11.7. The summed E-state index contributed by atoms with van der Waals surface area (Å²) in [5, 5.41) is 25.7. The SMILES string of the molecule is CCCCCCCC(=O)OC[C@H]1OC(O)[C@H](NC(C)=O)[C@](O)(Cc2ccccc2)[C@@H]1OCc1ccccc1. The maximum absolute atomic E-state index is 12.4. The first-order valence-electron chi connectivity index (χ1n) is 13.5. The Morgan fingerprint density at radius 1 is 0.974 bits per heavy atom. The van der Waals surface area contributed by atoms with Crippen LogP contribution in [-0.2, 0) is 36.8 Å². The number of hydrogen-bond acceptors (Lipinski definition) is 7. The zero-order valence-corrected chi connectivity index (χ0v) is 22.4. The zero-order valence-electron chi connectivity index (χ0n) is 22.4. The Labute approximate surface area is 225 Å². The van der Waals surface area contributed by atoms with Crippen LogP contribution < -0.4 is 5.32 Å². The van der Waals surface area contributed by atoms with Crippen molar-refractivity contribution in [2.75, 3.05) is 6.61 Å². The van der Waals surface area contributed by atoms with Crippen molar-refractivity contribution in [1.29, 1.82) is 0 Å². The van der Waals surface area contributed by atoms with Crippen LogP contribution in [0.15, 0.2) is 60.7 Å². The number of benzene rings is 2. The van der Waals surface area contributed by atoms with E-state index in [1.807, 2.05) is 60.7 Å². The van der Waals surface area contributed by atoms with E-state index >= 15 is 0 Å². The summed E-state index contributed by atoms with van der Waals surface area (Å²) >= 11 is 0. The highest BCUT2D eigenvalue weighted by Crippen LogP contribution is 2.35. The lowest BCUT2D eigenvalue weighted by Crippen LogP contribution is -2.73. The number of amides is 1. The number of rotatable bonds is 14. The van der Waals surface area contributed by atoms with Crippen molar-refractivity contribution >= 4 is 11.9 Å². The Morgan fingerprint density at radius 2 is 1.61 bits per heavy atom. The second-order valence-electron chi connectivity index (χ2n) is 9.96. The van der Waals surface area contributed by atoms with Gasteiger partial charge in [-0.25, -0.2) is 0 Å². The summed E-state index contributed by atoms with van der Waals surface area (Å²) in [6.45, 7) is 3.40. The monoisotopic (exact) mass is 527 g/mol. The molecule has 1 aliphatic rings. The van der Waals surface area contributed by atoms with Gasteiger partial charge in [0, 0.05) is 19.8 Å². The van der Waals surface area contributed by atoms with E-state index in [0.717, 1.165) is 43.2 Å². The topological polar surface area (TPSA) is 114 Å². The number of unbranched alkanes of at least 4 members (excludes halogenated alkanes) is 4. The molecule has 3 N–H and O–H groups in total. The lowest BCUT2D eigenvalue weighted by molar-refractivity contribution is -0.299. The largest absolute Gasteiger partial charge is 0.463 e. The van der Waals surface area contributed by atoms with Crippen molar-refractivity contribution in [3.63, 3.8) is 0 Å². The minimum atomic E-state index is -1.77. The van der Waals surface area contributed by atoms with Gasteiger partial charge in [-0.1, -0.05) is 93.3 Å². The maximum Gasteiger partial charge on any atom is 0.305 e. The van der Waals surface area contributed by atoms with E-state index < -0.39 is 36.0 Å². The van der Waals surface area contributed by atoms with E-state index in [4.69, 9.17) is 14.2 Å². The van der Waals surface area contributed by atoms with Gasteiger partial charge in [0.2, 0.25) is 5.91 Å². The Hall–Kier alpha value is -2.78. The van der Waals surface area contributed by atoms with Crippen molar-refractivity contribution in [3.05, 3.63) is 71.8 Å². The van der Waals surface area contributed by atoms with Crippen LogP contribution in [0, 0.1) is 0 Å². The first kappa shape index (κ1) is 29.8. The maximum atomic E-state index is 12.4. The Balaban J connectivity index is 1.82. The quantitative estimate of drug-likeness (QED) is 0.254. The molecule has 2 aromatic carbocycles. The van der Waals surface area contributed by atoms with E-state index in [9.17, 15) is 19.8 Å². The number of aliphatic hydroxyl groups is 2. The predicted octanol–water partition coefficient (Wildman–Crippen LogP) is 3.67. The zero-order chi connectivity index (χ0) is 27.4. The van der Waals surface area contributed by atoms with Crippen LogP contribution in [0.1, 0.15) is 63.5 Å². The minimum Gasteiger partial charge on any atom is -0.463 e. The summed E-state index contributed by atoms with van der Waals surface area (Å²) in [5.74, 6) is -0.795. The summed E-state index contributed by atoms with van der Waals surface area (Å²) in [6.07, 6.45) is 1.87. The molecule has 38 heavy (non-hydrogen) atoms. The highest BCUT2D eigenvalue weighted by Gasteiger charge is 2.57. The van der Waals surface area contributed by atoms with E-state index in [0.29, 0.717) is 0 Å². The molecule has 5 atom stereocenters. The van der Waals surface area contributed by atoms with Crippen LogP contribution in [0.2, 0.25) is 0 Å².